The van der Waals surface area contributed by atoms with E-state index >= 15 is 0 Å². The average molecular weight is 322 g/mol. The van der Waals surface area contributed by atoms with Crippen LogP contribution >= 0.6 is 15.9 Å². The van der Waals surface area contributed by atoms with Crippen LogP contribution in [0.15, 0.2) is 46.9 Å². The van der Waals surface area contributed by atoms with Crippen LogP contribution in [0.1, 0.15) is 5.56 Å². The largest absolute Gasteiger partial charge is 0.490 e. The van der Waals surface area contributed by atoms with Gasteiger partial charge in [0.05, 0.1) is 0 Å². The number of anilines is 1. The van der Waals surface area contributed by atoms with Crippen LogP contribution in [0.2, 0.25) is 0 Å². The second kappa shape index (κ2) is 6.48. The van der Waals surface area contributed by atoms with Crippen LogP contribution < -0.4 is 15.2 Å². The zero-order chi connectivity index (χ0) is 13.7. The highest BCUT2D eigenvalue weighted by Gasteiger charge is 2.00. The molecule has 4 heteroatoms. The van der Waals surface area contributed by atoms with Gasteiger partial charge in [0, 0.05) is 10.2 Å². The Morgan fingerprint density at radius 3 is 2.37 bits per heavy atom. The zero-order valence-electron chi connectivity index (χ0n) is 10.7. The van der Waals surface area contributed by atoms with Gasteiger partial charge in [-0.3, -0.25) is 0 Å². The van der Waals surface area contributed by atoms with E-state index in [0.717, 1.165) is 27.2 Å². The molecule has 2 N–H and O–H groups in total. The fourth-order valence-corrected chi connectivity index (χ4v) is 1.94. The number of nitrogens with two attached hydrogens (primary N) is 1. The third-order valence-corrected chi connectivity index (χ3v) is 3.15. The molecule has 3 nitrogen and oxygen atoms in total. The third kappa shape index (κ3) is 4.17. The lowest BCUT2D eigenvalue weighted by Gasteiger charge is -2.10. The highest BCUT2D eigenvalue weighted by atomic mass is 79.9. The molecular weight excluding hydrogens is 306 g/mol. The highest BCUT2D eigenvalue weighted by Crippen LogP contribution is 2.20. The molecule has 0 unspecified atom stereocenters. The van der Waals surface area contributed by atoms with E-state index < -0.39 is 0 Å². The summed E-state index contributed by atoms with van der Waals surface area (Å²) in [6.45, 7) is 2.98. The number of hydrogen-bond acceptors (Lipinski definition) is 3. The Morgan fingerprint density at radius 2 is 1.68 bits per heavy atom. The average Bonchev–Trinajstić information content (AvgIpc) is 2.39. The van der Waals surface area contributed by atoms with Crippen molar-refractivity contribution in [1.82, 2.24) is 0 Å². The summed E-state index contributed by atoms with van der Waals surface area (Å²) in [6.07, 6.45) is 0. The lowest BCUT2D eigenvalue weighted by atomic mass is 10.2. The maximum absolute atomic E-state index is 5.69. The van der Waals surface area contributed by atoms with Gasteiger partial charge in [-0.05, 0) is 55.0 Å². The molecule has 0 saturated heterocycles. The van der Waals surface area contributed by atoms with E-state index in [4.69, 9.17) is 15.2 Å². The van der Waals surface area contributed by atoms with Gasteiger partial charge >= 0.3 is 0 Å². The summed E-state index contributed by atoms with van der Waals surface area (Å²) in [5.74, 6) is 1.68. The Morgan fingerprint density at radius 1 is 1.00 bits per heavy atom. The lowest BCUT2D eigenvalue weighted by molar-refractivity contribution is 0.216. The minimum atomic E-state index is 0.501. The molecule has 0 aliphatic rings. The normalized spacial score (nSPS) is 10.2. The van der Waals surface area contributed by atoms with Gasteiger partial charge in [0.15, 0.2) is 0 Å². The molecule has 100 valence electrons. The van der Waals surface area contributed by atoms with Crippen molar-refractivity contribution < 1.29 is 9.47 Å². The van der Waals surface area contributed by atoms with Crippen LogP contribution in [0, 0.1) is 6.92 Å². The Hall–Kier alpha value is -1.68. The van der Waals surface area contributed by atoms with Gasteiger partial charge in [-0.1, -0.05) is 15.9 Å². The molecular formula is C15H16BrNO2. The molecule has 0 aromatic heterocycles. The van der Waals surface area contributed by atoms with Crippen molar-refractivity contribution in [2.45, 2.75) is 6.92 Å². The minimum Gasteiger partial charge on any atom is -0.490 e. The van der Waals surface area contributed by atoms with Crippen molar-refractivity contribution in [3.63, 3.8) is 0 Å². The van der Waals surface area contributed by atoms with Gasteiger partial charge in [0.1, 0.15) is 24.7 Å². The molecule has 0 aliphatic carbocycles. The Labute approximate surface area is 121 Å². The van der Waals surface area contributed by atoms with Gasteiger partial charge in [-0.2, -0.15) is 0 Å². The summed E-state index contributed by atoms with van der Waals surface area (Å²) in [6, 6.07) is 13.3. The fraction of sp³-hybridized carbons (Fsp3) is 0.200. The predicted octanol–water partition coefficient (Wildman–Crippen LogP) is 3.80. The van der Waals surface area contributed by atoms with Crippen LogP contribution in [0.25, 0.3) is 0 Å². The molecule has 2 rings (SSSR count). The topological polar surface area (TPSA) is 44.5 Å². The second-order valence-electron chi connectivity index (χ2n) is 4.18. The predicted molar refractivity (Wildman–Crippen MR) is 80.7 cm³/mol. The number of nitrogen functional groups attached to an aromatic ring is 1. The molecule has 0 bridgehead atoms. The van der Waals surface area contributed by atoms with Crippen LogP contribution in [-0.2, 0) is 0 Å². The molecule has 0 aliphatic heterocycles. The van der Waals surface area contributed by atoms with Gasteiger partial charge in [-0.25, -0.2) is 0 Å². The van der Waals surface area contributed by atoms with E-state index in [2.05, 4.69) is 15.9 Å². The number of rotatable bonds is 5. The highest BCUT2D eigenvalue weighted by molar-refractivity contribution is 9.10. The first-order valence-electron chi connectivity index (χ1n) is 6.02. The summed E-state index contributed by atoms with van der Waals surface area (Å²) in [4.78, 5) is 0. The monoisotopic (exact) mass is 321 g/mol. The van der Waals surface area contributed by atoms with Crippen molar-refractivity contribution in [2.24, 2.45) is 0 Å². The van der Waals surface area contributed by atoms with Crippen molar-refractivity contribution in [1.29, 1.82) is 0 Å². The molecule has 2 aromatic carbocycles. The standard InChI is InChI=1S/C15H16BrNO2/c1-11-10-13(17)4-7-15(11)19-9-8-18-14-5-2-12(16)3-6-14/h2-7,10H,8-9,17H2,1H3. The Bertz CT molecular complexity index is 540. The van der Waals surface area contributed by atoms with E-state index in [1.54, 1.807) is 0 Å². The number of halogens is 1. The van der Waals surface area contributed by atoms with E-state index in [1.807, 2.05) is 49.4 Å². The molecule has 2 aromatic rings. The van der Waals surface area contributed by atoms with E-state index in [-0.39, 0.29) is 0 Å². The number of aryl methyl sites for hydroxylation is 1. The van der Waals surface area contributed by atoms with Crippen LogP contribution in [0.5, 0.6) is 11.5 Å². The van der Waals surface area contributed by atoms with Crippen molar-refractivity contribution >= 4 is 21.6 Å². The van der Waals surface area contributed by atoms with Crippen LogP contribution in [-0.4, -0.2) is 13.2 Å². The quantitative estimate of drug-likeness (QED) is 0.673. The summed E-state index contributed by atoms with van der Waals surface area (Å²) >= 11 is 3.38. The van der Waals surface area contributed by atoms with E-state index in [9.17, 15) is 0 Å². The van der Waals surface area contributed by atoms with Crippen LogP contribution in [0.4, 0.5) is 5.69 Å². The number of hydrogen-bond donors (Lipinski definition) is 1. The first kappa shape index (κ1) is 13.7. The van der Waals surface area contributed by atoms with E-state index in [0.29, 0.717) is 13.2 Å². The molecule has 0 heterocycles. The second-order valence-corrected chi connectivity index (χ2v) is 5.09. The number of benzene rings is 2. The maximum atomic E-state index is 5.69. The maximum Gasteiger partial charge on any atom is 0.122 e. The molecule has 0 radical (unpaired) electrons. The summed E-state index contributed by atoms with van der Waals surface area (Å²) in [5, 5.41) is 0. The van der Waals surface area contributed by atoms with Gasteiger partial charge in [0.2, 0.25) is 0 Å². The molecule has 0 spiro atoms. The molecule has 19 heavy (non-hydrogen) atoms. The van der Waals surface area contributed by atoms with Gasteiger partial charge in [0.25, 0.3) is 0 Å². The van der Waals surface area contributed by atoms with Crippen molar-refractivity contribution in [3.05, 3.63) is 52.5 Å². The van der Waals surface area contributed by atoms with Gasteiger partial charge < -0.3 is 15.2 Å². The van der Waals surface area contributed by atoms with Crippen molar-refractivity contribution in [2.75, 3.05) is 18.9 Å². The van der Waals surface area contributed by atoms with Gasteiger partial charge in [-0.15, -0.1) is 0 Å². The zero-order valence-corrected chi connectivity index (χ0v) is 12.3. The molecule has 0 saturated carbocycles. The smallest absolute Gasteiger partial charge is 0.122 e. The summed E-state index contributed by atoms with van der Waals surface area (Å²) < 4.78 is 12.3. The Kier molecular flexibility index (Phi) is 4.68. The minimum absolute atomic E-state index is 0.501. The first-order valence-corrected chi connectivity index (χ1v) is 6.82. The summed E-state index contributed by atoms with van der Waals surface area (Å²) in [5.41, 5.74) is 7.46. The van der Waals surface area contributed by atoms with E-state index in [1.165, 1.54) is 0 Å². The lowest BCUT2D eigenvalue weighted by Crippen LogP contribution is -2.09. The fourth-order valence-electron chi connectivity index (χ4n) is 1.68. The third-order valence-electron chi connectivity index (χ3n) is 2.62. The molecule has 0 fully saturated rings. The van der Waals surface area contributed by atoms with Crippen molar-refractivity contribution in [3.8, 4) is 11.5 Å². The molecule has 0 atom stereocenters. The SMILES string of the molecule is Cc1cc(N)ccc1OCCOc1ccc(Br)cc1. The summed E-state index contributed by atoms with van der Waals surface area (Å²) in [7, 11) is 0. The first-order chi connectivity index (χ1) is 9.15. The Balaban J connectivity index is 1.79. The van der Waals surface area contributed by atoms with Crippen LogP contribution in [0.3, 0.4) is 0 Å². The molecule has 0 amide bonds. The number of ether oxygens (including phenoxy) is 2.